The summed E-state index contributed by atoms with van der Waals surface area (Å²) in [6.07, 6.45) is 8.28. The first-order chi connectivity index (χ1) is 19.3. The second-order valence-electron chi connectivity index (χ2n) is 11.3. The van der Waals surface area contributed by atoms with Gasteiger partial charge in [-0.1, -0.05) is 25.5 Å². The highest BCUT2D eigenvalue weighted by molar-refractivity contribution is 7.12. The van der Waals surface area contributed by atoms with Crippen LogP contribution in [0.25, 0.3) is 11.3 Å². The summed E-state index contributed by atoms with van der Waals surface area (Å²) in [6, 6.07) is 6.49. The van der Waals surface area contributed by atoms with E-state index < -0.39 is 5.97 Å². The van der Waals surface area contributed by atoms with Crippen LogP contribution in [-0.4, -0.2) is 62.9 Å². The van der Waals surface area contributed by atoms with Gasteiger partial charge in [0, 0.05) is 36.6 Å². The molecule has 212 valence electrons. The zero-order valence-electron chi connectivity index (χ0n) is 23.7. The molecule has 0 amide bonds. The van der Waals surface area contributed by atoms with Gasteiger partial charge in [-0.2, -0.15) is 0 Å². The molecule has 0 radical (unpaired) electrons. The van der Waals surface area contributed by atoms with E-state index in [1.165, 1.54) is 35.3 Å². The van der Waals surface area contributed by atoms with Crippen molar-refractivity contribution < 1.29 is 14.7 Å². The molecule has 3 aromatic rings. The monoisotopic (exact) mass is 561 g/mol. The lowest BCUT2D eigenvalue weighted by molar-refractivity contribution is -0.142. The van der Waals surface area contributed by atoms with E-state index in [4.69, 9.17) is 4.98 Å². The van der Waals surface area contributed by atoms with E-state index in [2.05, 4.69) is 53.8 Å². The third kappa shape index (κ3) is 6.58. The van der Waals surface area contributed by atoms with E-state index in [1.54, 1.807) is 23.7 Å². The Morgan fingerprint density at radius 1 is 1.05 bits per heavy atom. The molecule has 1 aromatic carbocycles. The predicted octanol–water partition coefficient (Wildman–Crippen LogP) is 5.57. The van der Waals surface area contributed by atoms with Crippen LogP contribution in [0.15, 0.2) is 30.6 Å². The zero-order valence-corrected chi connectivity index (χ0v) is 24.5. The number of hydrogen-bond acceptors (Lipinski definition) is 8. The molecule has 2 saturated heterocycles. The minimum atomic E-state index is -0.737. The maximum Gasteiger partial charge on any atom is 0.306 e. The van der Waals surface area contributed by atoms with E-state index in [-0.39, 0.29) is 18.1 Å². The van der Waals surface area contributed by atoms with Crippen molar-refractivity contribution >= 4 is 28.9 Å². The second-order valence-corrected chi connectivity index (χ2v) is 12.5. The third-order valence-corrected chi connectivity index (χ3v) is 9.51. The minimum absolute atomic E-state index is 0.0976. The van der Waals surface area contributed by atoms with E-state index in [9.17, 15) is 14.7 Å². The third-order valence-electron chi connectivity index (χ3n) is 8.47. The number of carbonyl (C=O) groups is 2. The van der Waals surface area contributed by atoms with Gasteiger partial charge in [-0.25, -0.2) is 15.0 Å². The average Bonchev–Trinajstić information content (AvgIpc) is 3.36. The number of anilines is 1. The Morgan fingerprint density at radius 2 is 1.85 bits per heavy atom. The maximum atomic E-state index is 13.2. The van der Waals surface area contributed by atoms with Gasteiger partial charge in [-0.05, 0) is 69.2 Å². The lowest BCUT2D eigenvalue weighted by atomic mass is 9.95. The standard InChI is InChI=1S/C31H39N5O3S/c1-4-22-6-5-11-35(18-22)19-27-30(24-8-7-20(2)21(3)14-24)34-29(40-27)15-26(37)25-16-33-28(17-32-25)36-12-9-23(10-13-36)31(38)39/h7-8,14,16-17,22-23H,4-6,9-13,15,18-19H2,1-3H3,(H,38,39). The molecule has 5 rings (SSSR count). The number of likely N-dealkylation sites (tertiary alicyclic amines) is 1. The number of carboxylic acid groups (broad SMARTS) is 1. The van der Waals surface area contributed by atoms with Gasteiger partial charge in [0.25, 0.3) is 0 Å². The molecule has 0 bridgehead atoms. The predicted molar refractivity (Wildman–Crippen MR) is 158 cm³/mol. The number of aliphatic carboxylic acids is 1. The summed E-state index contributed by atoms with van der Waals surface area (Å²) in [6.45, 7) is 10.8. The Morgan fingerprint density at radius 3 is 2.52 bits per heavy atom. The highest BCUT2D eigenvalue weighted by Crippen LogP contribution is 2.33. The zero-order chi connectivity index (χ0) is 28.2. The lowest BCUT2D eigenvalue weighted by Crippen LogP contribution is -2.36. The first kappa shape index (κ1) is 28.4. The summed E-state index contributed by atoms with van der Waals surface area (Å²) >= 11 is 1.64. The number of aryl methyl sites for hydroxylation is 2. The Bertz CT molecular complexity index is 1350. The molecule has 2 fully saturated rings. The first-order valence-electron chi connectivity index (χ1n) is 14.4. The summed E-state index contributed by atoms with van der Waals surface area (Å²) in [7, 11) is 0. The number of benzene rings is 1. The van der Waals surface area contributed by atoms with Gasteiger partial charge in [0.1, 0.15) is 16.5 Å². The van der Waals surface area contributed by atoms with E-state index in [0.717, 1.165) is 41.8 Å². The lowest BCUT2D eigenvalue weighted by Gasteiger charge is -2.32. The van der Waals surface area contributed by atoms with Crippen molar-refractivity contribution in [2.75, 3.05) is 31.1 Å². The van der Waals surface area contributed by atoms with Crippen LogP contribution in [0.5, 0.6) is 0 Å². The van der Waals surface area contributed by atoms with Crippen LogP contribution in [0.4, 0.5) is 5.82 Å². The molecule has 9 heteroatoms. The molecule has 1 N–H and O–H groups in total. The van der Waals surface area contributed by atoms with Crippen molar-refractivity contribution in [3.8, 4) is 11.3 Å². The summed E-state index contributed by atoms with van der Waals surface area (Å²) in [5.41, 5.74) is 4.91. The molecule has 8 nitrogen and oxygen atoms in total. The molecule has 1 atom stereocenters. The first-order valence-corrected chi connectivity index (χ1v) is 15.2. The highest BCUT2D eigenvalue weighted by atomic mass is 32.1. The van der Waals surface area contributed by atoms with Crippen LogP contribution in [0.1, 0.15) is 70.5 Å². The number of piperidine rings is 2. The van der Waals surface area contributed by atoms with Gasteiger partial charge in [0.2, 0.25) is 0 Å². The fourth-order valence-electron chi connectivity index (χ4n) is 5.74. The van der Waals surface area contributed by atoms with Gasteiger partial charge in [-0.15, -0.1) is 11.3 Å². The van der Waals surface area contributed by atoms with Gasteiger partial charge >= 0.3 is 5.97 Å². The summed E-state index contributed by atoms with van der Waals surface area (Å²) < 4.78 is 0. The molecule has 0 aliphatic carbocycles. The molecular weight excluding hydrogens is 522 g/mol. The Hall–Kier alpha value is -3.17. The number of carboxylic acids is 1. The molecule has 4 heterocycles. The van der Waals surface area contributed by atoms with Gasteiger partial charge < -0.3 is 10.0 Å². The van der Waals surface area contributed by atoms with Crippen LogP contribution >= 0.6 is 11.3 Å². The fourth-order valence-corrected chi connectivity index (χ4v) is 6.87. The van der Waals surface area contributed by atoms with Crippen molar-refractivity contribution in [2.45, 2.75) is 65.8 Å². The summed E-state index contributed by atoms with van der Waals surface area (Å²) in [4.78, 5) is 44.2. The SMILES string of the molecule is CCC1CCCN(Cc2sc(CC(=O)c3cnc(N4CCC(C(=O)O)CC4)cn3)nc2-c2ccc(C)c(C)c2)C1. The van der Waals surface area contributed by atoms with E-state index in [1.807, 2.05) is 4.90 Å². The summed E-state index contributed by atoms with van der Waals surface area (Å²) in [5, 5.41) is 10.0. The number of carbonyl (C=O) groups excluding carboxylic acids is 1. The molecule has 2 aliphatic heterocycles. The number of Topliss-reactive ketones (excluding diaryl/α,β-unsaturated/α-hetero) is 1. The molecular formula is C31H39N5O3S. The minimum Gasteiger partial charge on any atom is -0.481 e. The van der Waals surface area contributed by atoms with Crippen LogP contribution in [0.3, 0.4) is 0 Å². The molecule has 2 aromatic heterocycles. The van der Waals surface area contributed by atoms with Crippen LogP contribution < -0.4 is 4.90 Å². The number of ketones is 1. The molecule has 0 saturated carbocycles. The molecule has 0 spiro atoms. The van der Waals surface area contributed by atoms with Crippen molar-refractivity contribution in [1.82, 2.24) is 19.9 Å². The van der Waals surface area contributed by atoms with E-state index in [0.29, 0.717) is 37.4 Å². The van der Waals surface area contributed by atoms with Gasteiger partial charge in [0.15, 0.2) is 5.78 Å². The van der Waals surface area contributed by atoms with Crippen molar-refractivity contribution in [2.24, 2.45) is 11.8 Å². The van der Waals surface area contributed by atoms with Gasteiger partial charge in [-0.3, -0.25) is 14.5 Å². The number of nitrogens with zero attached hydrogens (tertiary/aromatic N) is 5. The number of rotatable bonds is 9. The smallest absolute Gasteiger partial charge is 0.306 e. The Kier molecular flexibility index (Phi) is 8.90. The van der Waals surface area contributed by atoms with Crippen molar-refractivity contribution in [1.29, 1.82) is 0 Å². The maximum absolute atomic E-state index is 13.2. The normalized spacial score (nSPS) is 18.7. The number of thiazole rings is 1. The molecule has 40 heavy (non-hydrogen) atoms. The second kappa shape index (κ2) is 12.6. The van der Waals surface area contributed by atoms with Crippen LogP contribution in [0, 0.1) is 25.7 Å². The molecule has 2 aliphatic rings. The topological polar surface area (TPSA) is 99.5 Å². The fraction of sp³-hybridized carbons (Fsp3) is 0.516. The van der Waals surface area contributed by atoms with E-state index >= 15 is 0 Å². The number of aromatic nitrogens is 3. The quantitative estimate of drug-likeness (QED) is 0.339. The Balaban J connectivity index is 1.31. The Labute approximate surface area is 240 Å². The van der Waals surface area contributed by atoms with Crippen molar-refractivity contribution in [3.63, 3.8) is 0 Å². The highest BCUT2D eigenvalue weighted by Gasteiger charge is 2.26. The largest absolute Gasteiger partial charge is 0.481 e. The van der Waals surface area contributed by atoms with Crippen molar-refractivity contribution in [3.05, 3.63) is 57.3 Å². The summed E-state index contributed by atoms with van der Waals surface area (Å²) in [5.74, 6) is 0.294. The van der Waals surface area contributed by atoms with Gasteiger partial charge in [0.05, 0.1) is 30.4 Å². The van der Waals surface area contributed by atoms with Crippen LogP contribution in [-0.2, 0) is 17.8 Å². The number of hydrogen-bond donors (Lipinski definition) is 1. The molecule has 1 unspecified atom stereocenters. The average molecular weight is 562 g/mol. The van der Waals surface area contributed by atoms with Crippen LogP contribution in [0.2, 0.25) is 0 Å².